The van der Waals surface area contributed by atoms with Crippen LogP contribution in [0.25, 0.3) is 0 Å². The Bertz CT molecular complexity index is 1180. The maximum atomic E-state index is 12.7. The van der Waals surface area contributed by atoms with Crippen molar-refractivity contribution in [3.8, 4) is 5.75 Å². The van der Waals surface area contributed by atoms with Crippen LogP contribution in [0.1, 0.15) is 5.56 Å². The summed E-state index contributed by atoms with van der Waals surface area (Å²) in [4.78, 5) is 14.4. The molecule has 2 N–H and O–H groups in total. The first-order chi connectivity index (χ1) is 14.4. The number of hydrogen-bond acceptors (Lipinski definition) is 8. The number of hydrogen-bond donors (Lipinski definition) is 2. The number of nitro groups is 1. The van der Waals surface area contributed by atoms with Crippen molar-refractivity contribution in [2.75, 3.05) is 17.3 Å². The van der Waals surface area contributed by atoms with Crippen molar-refractivity contribution in [1.29, 1.82) is 0 Å². The lowest BCUT2D eigenvalue weighted by atomic mass is 10.3. The van der Waals surface area contributed by atoms with Crippen LogP contribution >= 0.6 is 0 Å². The topological polar surface area (TPSA) is 136 Å². The molecule has 0 amide bonds. The molecule has 1 aromatic heterocycles. The van der Waals surface area contributed by atoms with Crippen molar-refractivity contribution in [3.05, 3.63) is 82.7 Å². The van der Waals surface area contributed by atoms with Gasteiger partial charge in [-0.1, -0.05) is 12.1 Å². The molecule has 0 unspecified atom stereocenters. The second kappa shape index (κ2) is 9.01. The van der Waals surface area contributed by atoms with E-state index >= 15 is 0 Å². The Kier molecular flexibility index (Phi) is 6.23. The molecular formula is C19H17N5O5S. The van der Waals surface area contributed by atoms with Gasteiger partial charge in [-0.05, 0) is 42.0 Å². The normalized spacial score (nSPS) is 11.2. The van der Waals surface area contributed by atoms with Gasteiger partial charge in [0.25, 0.3) is 15.7 Å². The molecule has 0 atom stereocenters. The second-order valence-corrected chi connectivity index (χ2v) is 7.57. The highest BCUT2D eigenvalue weighted by molar-refractivity contribution is 7.92. The van der Waals surface area contributed by atoms with Crippen molar-refractivity contribution in [3.63, 3.8) is 0 Å². The van der Waals surface area contributed by atoms with Gasteiger partial charge < -0.3 is 4.74 Å². The molecule has 154 valence electrons. The number of benzene rings is 2. The van der Waals surface area contributed by atoms with Gasteiger partial charge in [-0.15, -0.1) is 0 Å². The molecule has 3 rings (SSSR count). The summed E-state index contributed by atoms with van der Waals surface area (Å²) in [5, 5.41) is 15.4. The molecular weight excluding hydrogens is 410 g/mol. The molecule has 0 saturated heterocycles. The van der Waals surface area contributed by atoms with E-state index in [0.717, 1.165) is 11.6 Å². The van der Waals surface area contributed by atoms with E-state index in [1.54, 1.807) is 42.7 Å². The molecule has 0 bridgehead atoms. The first kappa shape index (κ1) is 20.7. The molecule has 2 aromatic carbocycles. The minimum Gasteiger partial charge on any atom is -0.495 e. The highest BCUT2D eigenvalue weighted by atomic mass is 32.2. The van der Waals surface area contributed by atoms with Crippen LogP contribution in [0.4, 0.5) is 17.1 Å². The van der Waals surface area contributed by atoms with Crippen molar-refractivity contribution < 1.29 is 18.1 Å². The Morgan fingerprint density at radius 2 is 1.83 bits per heavy atom. The zero-order valence-corrected chi connectivity index (χ0v) is 16.5. The number of anilines is 2. The quantitative estimate of drug-likeness (QED) is 0.320. The molecule has 0 aliphatic carbocycles. The predicted molar refractivity (Wildman–Crippen MR) is 112 cm³/mol. The van der Waals surface area contributed by atoms with Crippen LogP contribution in [-0.2, 0) is 10.0 Å². The number of methoxy groups -OCH3 is 1. The van der Waals surface area contributed by atoms with Gasteiger partial charge in [-0.2, -0.15) is 5.10 Å². The number of nitro benzene ring substituents is 1. The minimum atomic E-state index is -4.09. The number of hydrazone groups is 1. The molecule has 30 heavy (non-hydrogen) atoms. The van der Waals surface area contributed by atoms with Crippen molar-refractivity contribution in [2.24, 2.45) is 5.10 Å². The van der Waals surface area contributed by atoms with E-state index < -0.39 is 20.6 Å². The van der Waals surface area contributed by atoms with E-state index in [-0.39, 0.29) is 16.3 Å². The number of nitrogens with zero attached hydrogens (tertiary/aromatic N) is 3. The Balaban J connectivity index is 1.87. The van der Waals surface area contributed by atoms with Crippen molar-refractivity contribution in [2.45, 2.75) is 4.90 Å². The number of ether oxygens (including phenoxy) is 1. The van der Waals surface area contributed by atoms with E-state index in [4.69, 9.17) is 4.74 Å². The molecule has 0 saturated carbocycles. The first-order valence-corrected chi connectivity index (χ1v) is 10.0. The summed E-state index contributed by atoms with van der Waals surface area (Å²) in [6, 6.07) is 13.3. The Morgan fingerprint density at radius 1 is 1.10 bits per heavy atom. The van der Waals surface area contributed by atoms with Gasteiger partial charge in [-0.3, -0.25) is 25.2 Å². The summed E-state index contributed by atoms with van der Waals surface area (Å²) in [5.41, 5.74) is 3.12. The highest BCUT2D eigenvalue weighted by Crippen LogP contribution is 2.30. The summed E-state index contributed by atoms with van der Waals surface area (Å²) in [7, 11) is -2.68. The average Bonchev–Trinajstić information content (AvgIpc) is 2.74. The molecule has 1 heterocycles. The van der Waals surface area contributed by atoms with Crippen LogP contribution in [0.15, 0.2) is 77.0 Å². The molecule has 3 aromatic rings. The molecule has 11 heteroatoms. The Morgan fingerprint density at radius 3 is 2.53 bits per heavy atom. The third kappa shape index (κ3) is 4.89. The van der Waals surface area contributed by atoms with Crippen LogP contribution in [0.2, 0.25) is 0 Å². The van der Waals surface area contributed by atoms with E-state index in [1.165, 1.54) is 31.5 Å². The summed E-state index contributed by atoms with van der Waals surface area (Å²) >= 11 is 0. The third-order valence-electron chi connectivity index (χ3n) is 3.93. The van der Waals surface area contributed by atoms with Gasteiger partial charge in [0.1, 0.15) is 11.4 Å². The molecule has 0 spiro atoms. The lowest BCUT2D eigenvalue weighted by molar-refractivity contribution is -0.384. The minimum absolute atomic E-state index is 0.0431. The van der Waals surface area contributed by atoms with E-state index in [9.17, 15) is 18.5 Å². The van der Waals surface area contributed by atoms with Gasteiger partial charge in [0.15, 0.2) is 0 Å². The molecule has 0 fully saturated rings. The summed E-state index contributed by atoms with van der Waals surface area (Å²) in [6.07, 6.45) is 4.62. The number of pyridine rings is 1. The lowest BCUT2D eigenvalue weighted by Crippen LogP contribution is -2.14. The fourth-order valence-corrected chi connectivity index (χ4v) is 3.57. The number of para-hydroxylation sites is 2. The van der Waals surface area contributed by atoms with Gasteiger partial charge >= 0.3 is 0 Å². The standard InChI is InChI=1S/C19H17N5O5S/c1-29-19-5-3-2-4-17(19)23-30(27,28)15-6-7-16(18(12-15)24(25)26)22-21-13-14-8-10-20-11-9-14/h2-13,22-23H,1H3/b21-13+. The van der Waals surface area contributed by atoms with Crippen molar-refractivity contribution >= 4 is 33.3 Å². The first-order valence-electron chi connectivity index (χ1n) is 8.54. The lowest BCUT2D eigenvalue weighted by Gasteiger charge is -2.12. The van der Waals surface area contributed by atoms with E-state index in [2.05, 4.69) is 20.2 Å². The molecule has 0 aliphatic rings. The van der Waals surface area contributed by atoms with Crippen LogP contribution in [0.5, 0.6) is 5.75 Å². The van der Waals surface area contributed by atoms with Crippen molar-refractivity contribution in [1.82, 2.24) is 4.98 Å². The average molecular weight is 427 g/mol. The Labute approximate surface area is 172 Å². The fourth-order valence-electron chi connectivity index (χ4n) is 2.48. The molecule has 10 nitrogen and oxygen atoms in total. The maximum Gasteiger partial charge on any atom is 0.295 e. The van der Waals surface area contributed by atoms with E-state index in [0.29, 0.717) is 5.75 Å². The number of sulfonamides is 1. The monoisotopic (exact) mass is 427 g/mol. The smallest absolute Gasteiger partial charge is 0.295 e. The number of aromatic nitrogens is 1. The van der Waals surface area contributed by atoms with Gasteiger partial charge in [0.05, 0.1) is 28.8 Å². The number of nitrogens with one attached hydrogen (secondary N) is 2. The van der Waals surface area contributed by atoms with Crippen LogP contribution in [0.3, 0.4) is 0 Å². The largest absolute Gasteiger partial charge is 0.495 e. The zero-order chi connectivity index (χ0) is 21.6. The summed E-state index contributed by atoms with van der Waals surface area (Å²) in [6.45, 7) is 0. The third-order valence-corrected chi connectivity index (χ3v) is 5.30. The predicted octanol–water partition coefficient (Wildman–Crippen LogP) is 3.25. The van der Waals surface area contributed by atoms with Crippen LogP contribution in [-0.4, -0.2) is 31.6 Å². The van der Waals surface area contributed by atoms with Gasteiger partial charge in [-0.25, -0.2) is 8.42 Å². The van der Waals surface area contributed by atoms with Gasteiger partial charge in [0, 0.05) is 18.5 Å². The fraction of sp³-hybridized carbons (Fsp3) is 0.0526. The van der Waals surface area contributed by atoms with Crippen LogP contribution in [0, 0.1) is 10.1 Å². The van der Waals surface area contributed by atoms with E-state index in [1.807, 2.05) is 0 Å². The summed E-state index contributed by atoms with van der Waals surface area (Å²) < 4.78 is 32.9. The SMILES string of the molecule is COc1ccccc1NS(=O)(=O)c1ccc(N/N=C/c2ccncc2)c([N+](=O)[O-])c1. The number of rotatable bonds is 8. The molecule has 0 aliphatic heterocycles. The highest BCUT2D eigenvalue weighted by Gasteiger charge is 2.22. The van der Waals surface area contributed by atoms with Gasteiger partial charge in [0.2, 0.25) is 0 Å². The maximum absolute atomic E-state index is 12.7. The zero-order valence-electron chi connectivity index (χ0n) is 15.7. The second-order valence-electron chi connectivity index (χ2n) is 5.89. The summed E-state index contributed by atoms with van der Waals surface area (Å²) in [5.74, 6) is 0.319. The van der Waals surface area contributed by atoms with Crippen LogP contribution < -0.4 is 14.9 Å². The molecule has 0 radical (unpaired) electrons. The Hall–Kier alpha value is -3.99.